The van der Waals surface area contributed by atoms with E-state index in [4.69, 9.17) is 21.1 Å². The summed E-state index contributed by atoms with van der Waals surface area (Å²) in [7, 11) is 0. The maximum Gasteiger partial charge on any atom is 0.264 e. The Kier molecular flexibility index (Phi) is 8.30. The summed E-state index contributed by atoms with van der Waals surface area (Å²) in [6, 6.07) is 19.8. The van der Waals surface area contributed by atoms with Crippen molar-refractivity contribution in [3.8, 4) is 11.5 Å². The molecule has 2 amide bonds. The van der Waals surface area contributed by atoms with Gasteiger partial charge in [0.25, 0.3) is 11.8 Å². The van der Waals surface area contributed by atoms with Crippen LogP contribution < -0.4 is 20.1 Å². The average molecular weight is 522 g/mol. The molecule has 3 aromatic rings. The molecule has 0 unspecified atom stereocenters. The van der Waals surface area contributed by atoms with Crippen LogP contribution in [0.15, 0.2) is 76.6 Å². The van der Waals surface area contributed by atoms with Crippen molar-refractivity contribution in [1.82, 2.24) is 5.32 Å². The second-order valence-electron chi connectivity index (χ2n) is 7.75. The number of halogens is 1. The van der Waals surface area contributed by atoms with Gasteiger partial charge in [-0.15, -0.1) is 0 Å². The average Bonchev–Trinajstić information content (AvgIpc) is 3.19. The molecule has 1 aliphatic rings. The number of thioether (sulfide) groups is 1. The molecule has 4 rings (SSSR count). The zero-order valence-corrected chi connectivity index (χ0v) is 21.3. The molecule has 1 aliphatic heterocycles. The van der Waals surface area contributed by atoms with Gasteiger partial charge in [0, 0.05) is 10.7 Å². The van der Waals surface area contributed by atoms with Gasteiger partial charge in [0.1, 0.15) is 0 Å². The lowest BCUT2D eigenvalue weighted by Crippen LogP contribution is -2.20. The van der Waals surface area contributed by atoms with Crippen LogP contribution in [0.1, 0.15) is 18.1 Å². The van der Waals surface area contributed by atoms with E-state index in [1.165, 1.54) is 11.8 Å². The maximum atomic E-state index is 12.5. The molecule has 0 bridgehead atoms. The number of ether oxygens (including phenoxy) is 2. The molecule has 0 atom stereocenters. The van der Waals surface area contributed by atoms with Crippen LogP contribution >= 0.6 is 23.4 Å². The first-order valence-electron chi connectivity index (χ1n) is 11.2. The van der Waals surface area contributed by atoms with Gasteiger partial charge >= 0.3 is 0 Å². The van der Waals surface area contributed by atoms with E-state index in [0.29, 0.717) is 38.9 Å². The Morgan fingerprint density at radius 2 is 1.89 bits per heavy atom. The number of amides is 2. The number of carbonyl (C=O) groups is 2. The summed E-state index contributed by atoms with van der Waals surface area (Å²) in [4.78, 5) is 29.8. The molecule has 3 aromatic carbocycles. The van der Waals surface area contributed by atoms with Gasteiger partial charge < -0.3 is 20.1 Å². The number of carbonyl (C=O) groups excluding carboxylic acids is 2. The lowest BCUT2D eigenvalue weighted by molar-refractivity contribution is -0.118. The van der Waals surface area contributed by atoms with Crippen molar-refractivity contribution in [3.05, 3.63) is 87.8 Å². The van der Waals surface area contributed by atoms with Gasteiger partial charge in [-0.2, -0.15) is 0 Å². The van der Waals surface area contributed by atoms with Crippen LogP contribution in [0.3, 0.4) is 0 Å². The molecule has 2 N–H and O–H groups in total. The number of aliphatic imine (C=N–C) groups is 1. The van der Waals surface area contributed by atoms with Gasteiger partial charge in [-0.1, -0.05) is 35.9 Å². The molecular formula is C27H24ClN3O4S. The second kappa shape index (κ2) is 11.8. The SMILES string of the molecule is CCOc1cc(/C=C2\SC(=Nc3ccc(Cl)cc3C)NC2=O)ccc1OCC(=O)Nc1ccccc1. The van der Waals surface area contributed by atoms with Crippen molar-refractivity contribution < 1.29 is 19.1 Å². The zero-order chi connectivity index (χ0) is 25.5. The van der Waals surface area contributed by atoms with Crippen LogP contribution in [0.4, 0.5) is 11.4 Å². The Morgan fingerprint density at radius 1 is 1.08 bits per heavy atom. The molecule has 1 saturated heterocycles. The highest BCUT2D eigenvalue weighted by Crippen LogP contribution is 2.33. The van der Waals surface area contributed by atoms with Crippen LogP contribution in [0.2, 0.25) is 5.02 Å². The molecule has 7 nitrogen and oxygen atoms in total. The Bertz CT molecular complexity index is 1340. The summed E-state index contributed by atoms with van der Waals surface area (Å²) in [5, 5.41) is 6.69. The molecule has 1 fully saturated rings. The van der Waals surface area contributed by atoms with Crippen molar-refractivity contribution in [2.45, 2.75) is 13.8 Å². The number of para-hydroxylation sites is 1. The number of hydrogen-bond donors (Lipinski definition) is 2. The Hall–Kier alpha value is -3.75. The molecule has 0 saturated carbocycles. The van der Waals surface area contributed by atoms with Crippen molar-refractivity contribution >= 4 is 57.8 Å². The van der Waals surface area contributed by atoms with E-state index >= 15 is 0 Å². The second-order valence-corrected chi connectivity index (χ2v) is 9.22. The maximum absolute atomic E-state index is 12.5. The fourth-order valence-corrected chi connectivity index (χ4v) is 4.41. The quantitative estimate of drug-likeness (QED) is 0.357. The molecule has 1 heterocycles. The molecule has 0 spiro atoms. The highest BCUT2D eigenvalue weighted by atomic mass is 35.5. The molecule has 9 heteroatoms. The number of amidine groups is 1. The van der Waals surface area contributed by atoms with Gasteiger partial charge in [0.05, 0.1) is 17.2 Å². The molecule has 0 aromatic heterocycles. The summed E-state index contributed by atoms with van der Waals surface area (Å²) in [5.74, 6) is 0.400. The van der Waals surface area contributed by atoms with E-state index in [-0.39, 0.29) is 18.4 Å². The van der Waals surface area contributed by atoms with Crippen LogP contribution in [0, 0.1) is 6.92 Å². The summed E-state index contributed by atoms with van der Waals surface area (Å²) < 4.78 is 11.4. The monoisotopic (exact) mass is 521 g/mol. The van der Waals surface area contributed by atoms with E-state index in [9.17, 15) is 9.59 Å². The van der Waals surface area contributed by atoms with Crippen LogP contribution in [0.5, 0.6) is 11.5 Å². The fourth-order valence-electron chi connectivity index (χ4n) is 3.35. The minimum atomic E-state index is -0.281. The predicted octanol–water partition coefficient (Wildman–Crippen LogP) is 5.96. The Morgan fingerprint density at radius 3 is 2.64 bits per heavy atom. The van der Waals surface area contributed by atoms with Gasteiger partial charge in [-0.25, -0.2) is 4.99 Å². The van der Waals surface area contributed by atoms with E-state index in [0.717, 1.165) is 16.8 Å². The van der Waals surface area contributed by atoms with Crippen molar-refractivity contribution in [2.75, 3.05) is 18.5 Å². The van der Waals surface area contributed by atoms with E-state index in [2.05, 4.69) is 15.6 Å². The highest BCUT2D eigenvalue weighted by Gasteiger charge is 2.24. The Labute approximate surface area is 218 Å². The standard InChI is InChI=1S/C27H24ClN3O4S/c1-3-34-23-14-18(9-12-22(23)35-16-25(32)29-20-7-5-4-6-8-20)15-24-26(33)31-27(36-24)30-21-11-10-19(28)13-17(21)2/h4-15H,3,16H2,1-2H3,(H,29,32)(H,30,31,33)/b24-15-. The van der Waals surface area contributed by atoms with Gasteiger partial charge in [-0.05, 0) is 85.3 Å². The third-order valence-electron chi connectivity index (χ3n) is 5.01. The van der Waals surface area contributed by atoms with Crippen LogP contribution in [-0.4, -0.2) is 30.2 Å². The lowest BCUT2D eigenvalue weighted by Gasteiger charge is -2.13. The Balaban J connectivity index is 1.46. The minimum absolute atomic E-state index is 0.169. The van der Waals surface area contributed by atoms with Crippen LogP contribution in [0.25, 0.3) is 6.08 Å². The van der Waals surface area contributed by atoms with E-state index in [1.807, 2.05) is 44.2 Å². The summed E-state index contributed by atoms with van der Waals surface area (Å²) in [6.45, 7) is 4.02. The zero-order valence-electron chi connectivity index (χ0n) is 19.7. The van der Waals surface area contributed by atoms with Gasteiger partial charge in [-0.3, -0.25) is 9.59 Å². The van der Waals surface area contributed by atoms with Gasteiger partial charge in [0.2, 0.25) is 0 Å². The largest absolute Gasteiger partial charge is 0.490 e. The molecule has 36 heavy (non-hydrogen) atoms. The number of nitrogens with one attached hydrogen (secondary N) is 2. The van der Waals surface area contributed by atoms with E-state index in [1.54, 1.807) is 42.5 Å². The first-order valence-corrected chi connectivity index (χ1v) is 12.4. The third kappa shape index (κ3) is 6.68. The fraction of sp³-hybridized carbons (Fsp3) is 0.148. The van der Waals surface area contributed by atoms with Gasteiger partial charge in [0.15, 0.2) is 23.3 Å². The number of rotatable bonds is 8. The number of nitrogens with zero attached hydrogens (tertiary/aromatic N) is 1. The van der Waals surface area contributed by atoms with Crippen LogP contribution in [-0.2, 0) is 9.59 Å². The lowest BCUT2D eigenvalue weighted by atomic mass is 10.2. The highest BCUT2D eigenvalue weighted by molar-refractivity contribution is 8.18. The number of anilines is 1. The topological polar surface area (TPSA) is 89.0 Å². The van der Waals surface area contributed by atoms with E-state index < -0.39 is 0 Å². The predicted molar refractivity (Wildman–Crippen MR) is 145 cm³/mol. The summed E-state index contributed by atoms with van der Waals surface area (Å²) in [6.07, 6.45) is 1.76. The smallest absolute Gasteiger partial charge is 0.264 e. The minimum Gasteiger partial charge on any atom is -0.490 e. The van der Waals surface area contributed by atoms with Crippen molar-refractivity contribution in [1.29, 1.82) is 0 Å². The van der Waals surface area contributed by atoms with Crippen molar-refractivity contribution in [2.24, 2.45) is 4.99 Å². The first kappa shape index (κ1) is 25.3. The number of aryl methyl sites for hydroxylation is 1. The molecule has 0 aliphatic carbocycles. The molecule has 0 radical (unpaired) electrons. The summed E-state index contributed by atoms with van der Waals surface area (Å²) in [5.41, 5.74) is 3.09. The number of hydrogen-bond acceptors (Lipinski definition) is 6. The normalized spacial score (nSPS) is 15.1. The van der Waals surface area contributed by atoms with Crippen molar-refractivity contribution in [3.63, 3.8) is 0 Å². The first-order chi connectivity index (χ1) is 17.4. The molecule has 184 valence electrons. The number of benzene rings is 3. The third-order valence-corrected chi connectivity index (χ3v) is 6.16. The summed E-state index contributed by atoms with van der Waals surface area (Å²) >= 11 is 7.27. The molecular weight excluding hydrogens is 498 g/mol.